The molecule has 0 spiro atoms. The molecule has 2 aliphatic carbocycles. The second kappa shape index (κ2) is 11.3. The molecule has 3 heteroatoms. The Labute approximate surface area is 301 Å². The summed E-state index contributed by atoms with van der Waals surface area (Å²) < 4.78 is 5.12. The zero-order valence-electron chi connectivity index (χ0n) is 28.0. The summed E-state index contributed by atoms with van der Waals surface area (Å²) in [6, 6.07) is 50.0. The van der Waals surface area contributed by atoms with Gasteiger partial charge in [0.05, 0.1) is 17.1 Å². The molecular formula is C48H34N2S. The van der Waals surface area contributed by atoms with Crippen molar-refractivity contribution in [3.8, 4) is 5.69 Å². The van der Waals surface area contributed by atoms with Gasteiger partial charge in [-0.15, -0.1) is 11.3 Å². The second-order valence-corrected chi connectivity index (χ2v) is 15.1. The number of allylic oxidation sites excluding steroid dienone is 6. The lowest BCUT2D eigenvalue weighted by Gasteiger charge is -2.30. The van der Waals surface area contributed by atoms with E-state index in [1.807, 2.05) is 11.3 Å². The van der Waals surface area contributed by atoms with Gasteiger partial charge in [0.25, 0.3) is 0 Å². The van der Waals surface area contributed by atoms with E-state index in [1.54, 1.807) is 0 Å². The SMILES string of the molecule is C1=CCCC(c2cccc(-n3c4ccccc4c4cc(C5=CC6C(C=C5)c5ccccc5N6c5ccc6sc7ccccc7c6c5)ccc43)c2)=C1. The number of benzene rings is 6. The normalized spacial score (nSPS) is 18.1. The van der Waals surface area contributed by atoms with Gasteiger partial charge >= 0.3 is 0 Å². The van der Waals surface area contributed by atoms with Crippen LogP contribution in [0.5, 0.6) is 0 Å². The molecule has 0 radical (unpaired) electrons. The van der Waals surface area contributed by atoms with Crippen molar-refractivity contribution in [1.29, 1.82) is 0 Å². The van der Waals surface area contributed by atoms with Crippen LogP contribution in [0.2, 0.25) is 0 Å². The minimum atomic E-state index is 0.188. The van der Waals surface area contributed by atoms with E-state index in [1.165, 1.54) is 86.9 Å². The lowest BCUT2D eigenvalue weighted by atomic mass is 9.86. The molecular weight excluding hydrogens is 637 g/mol. The average molecular weight is 671 g/mol. The maximum atomic E-state index is 2.57. The Hall–Kier alpha value is -5.90. The Morgan fingerprint density at radius 1 is 0.608 bits per heavy atom. The highest BCUT2D eigenvalue weighted by Gasteiger charge is 2.38. The van der Waals surface area contributed by atoms with E-state index in [9.17, 15) is 0 Å². The summed E-state index contributed by atoms with van der Waals surface area (Å²) in [5.74, 6) is 0.299. The van der Waals surface area contributed by atoms with Crippen LogP contribution >= 0.6 is 11.3 Å². The van der Waals surface area contributed by atoms with Crippen molar-refractivity contribution in [2.45, 2.75) is 24.8 Å². The molecule has 3 heterocycles. The molecule has 0 N–H and O–H groups in total. The van der Waals surface area contributed by atoms with Gasteiger partial charge in [0, 0.05) is 53.9 Å². The van der Waals surface area contributed by atoms with E-state index < -0.39 is 0 Å². The van der Waals surface area contributed by atoms with Gasteiger partial charge in [-0.1, -0.05) is 109 Å². The van der Waals surface area contributed by atoms with Gasteiger partial charge < -0.3 is 9.47 Å². The Balaban J connectivity index is 1.03. The van der Waals surface area contributed by atoms with Crippen LogP contribution < -0.4 is 4.90 Å². The molecule has 1 aliphatic heterocycles. The lowest BCUT2D eigenvalue weighted by molar-refractivity contribution is 0.747. The summed E-state index contributed by atoms with van der Waals surface area (Å²) in [6.07, 6.45) is 16.2. The van der Waals surface area contributed by atoms with Gasteiger partial charge in [-0.05, 0) is 101 Å². The van der Waals surface area contributed by atoms with E-state index in [4.69, 9.17) is 0 Å². The molecule has 2 unspecified atom stereocenters. The van der Waals surface area contributed by atoms with Crippen LogP contribution in [0.15, 0.2) is 170 Å². The van der Waals surface area contributed by atoms with Gasteiger partial charge in [-0.2, -0.15) is 0 Å². The van der Waals surface area contributed by atoms with E-state index >= 15 is 0 Å². The van der Waals surface area contributed by atoms with Crippen molar-refractivity contribution < 1.29 is 0 Å². The quantitative estimate of drug-likeness (QED) is 0.181. The first-order valence-corrected chi connectivity index (χ1v) is 18.8. The smallest absolute Gasteiger partial charge is 0.0635 e. The third kappa shape index (κ3) is 4.48. The summed E-state index contributed by atoms with van der Waals surface area (Å²) in [5.41, 5.74) is 12.9. The monoisotopic (exact) mass is 670 g/mol. The summed E-state index contributed by atoms with van der Waals surface area (Å²) in [6.45, 7) is 0. The van der Waals surface area contributed by atoms with Crippen molar-refractivity contribution in [3.05, 3.63) is 187 Å². The molecule has 2 aromatic heterocycles. The number of para-hydroxylation sites is 2. The highest BCUT2D eigenvalue weighted by atomic mass is 32.1. The van der Waals surface area contributed by atoms with E-state index in [-0.39, 0.29) is 6.04 Å². The number of rotatable bonds is 4. The summed E-state index contributed by atoms with van der Waals surface area (Å²) >= 11 is 1.88. The van der Waals surface area contributed by atoms with Gasteiger partial charge in [-0.25, -0.2) is 0 Å². The average Bonchev–Trinajstić information content (AvgIpc) is 3.85. The molecule has 6 aromatic carbocycles. The minimum Gasteiger partial charge on any atom is -0.333 e. The van der Waals surface area contributed by atoms with Crippen molar-refractivity contribution in [3.63, 3.8) is 0 Å². The van der Waals surface area contributed by atoms with Crippen LogP contribution in [0, 0.1) is 0 Å². The van der Waals surface area contributed by atoms with Crippen LogP contribution in [0.3, 0.4) is 0 Å². The summed E-state index contributed by atoms with van der Waals surface area (Å²) in [4.78, 5) is 2.57. The molecule has 0 saturated carbocycles. The Bertz CT molecular complexity index is 2840. The largest absolute Gasteiger partial charge is 0.333 e. The third-order valence-electron chi connectivity index (χ3n) is 11.2. The fourth-order valence-corrected chi connectivity index (χ4v) is 9.91. The maximum absolute atomic E-state index is 2.57. The minimum absolute atomic E-state index is 0.188. The zero-order chi connectivity index (χ0) is 33.5. The van der Waals surface area contributed by atoms with Gasteiger partial charge in [0.1, 0.15) is 0 Å². The molecule has 0 fully saturated rings. The Kier molecular flexibility index (Phi) is 6.41. The number of hydrogen-bond acceptors (Lipinski definition) is 2. The summed E-state index contributed by atoms with van der Waals surface area (Å²) in [5, 5.41) is 5.24. The summed E-state index contributed by atoms with van der Waals surface area (Å²) in [7, 11) is 0. The van der Waals surface area contributed by atoms with E-state index in [0.29, 0.717) is 5.92 Å². The molecule has 2 nitrogen and oxygen atoms in total. The third-order valence-corrected chi connectivity index (χ3v) is 12.3. The van der Waals surface area contributed by atoms with Crippen LogP contribution in [0.4, 0.5) is 11.4 Å². The first kappa shape index (κ1) is 28.9. The number of nitrogens with zero attached hydrogens (tertiary/aromatic N) is 2. The molecule has 0 bridgehead atoms. The predicted molar refractivity (Wildman–Crippen MR) is 219 cm³/mol. The number of thiophene rings is 1. The van der Waals surface area contributed by atoms with Crippen LogP contribution in [-0.4, -0.2) is 10.6 Å². The molecule has 0 amide bonds. The molecule has 11 rings (SSSR count). The molecule has 242 valence electrons. The fraction of sp³-hybridized carbons (Fsp3) is 0.0833. The number of hydrogen-bond donors (Lipinski definition) is 0. The Morgan fingerprint density at radius 2 is 1.45 bits per heavy atom. The standard InChI is InChI=1S/C48H34N2S/c1-2-11-31(12-3-1)32-13-10-14-35(27-32)49-44-19-8-5-16-38(44)41-28-33(22-25-45(41)49)34-21-24-39-37-15-4-7-18-43(37)50(46(39)29-34)36-23-26-48-42(30-36)40-17-6-9-20-47(40)51-48/h1-2,4-11,13-30,39,46H,3,12H2. The van der Waals surface area contributed by atoms with Crippen LogP contribution in [0.1, 0.15) is 35.4 Å². The van der Waals surface area contributed by atoms with Gasteiger partial charge in [0.2, 0.25) is 0 Å². The van der Waals surface area contributed by atoms with Crippen molar-refractivity contribution in [2.75, 3.05) is 4.90 Å². The molecule has 2 atom stereocenters. The van der Waals surface area contributed by atoms with E-state index in [0.717, 1.165) is 12.8 Å². The highest BCUT2D eigenvalue weighted by molar-refractivity contribution is 7.25. The number of anilines is 2. The zero-order valence-corrected chi connectivity index (χ0v) is 28.9. The highest BCUT2D eigenvalue weighted by Crippen LogP contribution is 2.50. The maximum Gasteiger partial charge on any atom is 0.0635 e. The first-order valence-electron chi connectivity index (χ1n) is 18.0. The molecule has 51 heavy (non-hydrogen) atoms. The van der Waals surface area contributed by atoms with E-state index in [2.05, 4.69) is 179 Å². The van der Waals surface area contributed by atoms with Crippen molar-refractivity contribution in [1.82, 2.24) is 4.57 Å². The molecule has 8 aromatic rings. The number of fused-ring (bicyclic) bond motifs is 9. The van der Waals surface area contributed by atoms with Crippen LogP contribution in [0.25, 0.3) is 58.8 Å². The van der Waals surface area contributed by atoms with Crippen molar-refractivity contribution >= 4 is 75.8 Å². The van der Waals surface area contributed by atoms with Gasteiger partial charge in [0.15, 0.2) is 0 Å². The molecule has 0 saturated heterocycles. The Morgan fingerprint density at radius 3 is 2.39 bits per heavy atom. The molecule has 3 aliphatic rings. The van der Waals surface area contributed by atoms with Crippen LogP contribution in [-0.2, 0) is 0 Å². The lowest BCUT2D eigenvalue weighted by Crippen LogP contribution is -2.29. The van der Waals surface area contributed by atoms with Gasteiger partial charge in [-0.3, -0.25) is 0 Å². The second-order valence-electron chi connectivity index (χ2n) is 14.0. The fourth-order valence-electron chi connectivity index (χ4n) is 8.82. The topological polar surface area (TPSA) is 8.17 Å². The first-order chi connectivity index (χ1) is 25.3. The predicted octanol–water partition coefficient (Wildman–Crippen LogP) is 13.1. The van der Waals surface area contributed by atoms with Crippen molar-refractivity contribution in [2.24, 2.45) is 0 Å². The number of aromatic nitrogens is 1.